The quantitative estimate of drug-likeness (QED) is 0.800. The van der Waals surface area contributed by atoms with Crippen LogP contribution in [0.3, 0.4) is 0 Å². The minimum Gasteiger partial charge on any atom is -0.507 e. The smallest absolute Gasteiger partial charge is 0.257 e. The highest BCUT2D eigenvalue weighted by atomic mass is 16.5. The molecule has 0 atom stereocenters. The zero-order valence-electron chi connectivity index (χ0n) is 11.6. The summed E-state index contributed by atoms with van der Waals surface area (Å²) in [5.74, 6) is 0.602. The van der Waals surface area contributed by atoms with E-state index in [1.54, 1.807) is 24.1 Å². The first-order valence-corrected chi connectivity index (χ1v) is 6.70. The second-order valence-corrected chi connectivity index (χ2v) is 5.27. The van der Waals surface area contributed by atoms with Crippen LogP contribution in [0.5, 0.6) is 5.75 Å². The van der Waals surface area contributed by atoms with Crippen LogP contribution in [0.4, 0.5) is 0 Å². The fraction of sp³-hybridized carbons (Fsp3) is 0.533. The van der Waals surface area contributed by atoms with Crippen molar-refractivity contribution in [1.82, 2.24) is 4.90 Å². The van der Waals surface area contributed by atoms with E-state index in [1.165, 1.54) is 12.8 Å². The Morgan fingerprint density at radius 3 is 2.84 bits per heavy atom. The minimum atomic E-state index is -0.174. The monoisotopic (exact) mass is 263 g/mol. The standard InChI is InChI=1S/C15H21NO3/c1-11-3-6-13(14(17)9-11)15(18)16(2)7-8-19-10-12-4-5-12/h3,6,9,12,17H,4-5,7-8,10H2,1-2H3. The average Bonchev–Trinajstić information content (AvgIpc) is 3.17. The van der Waals surface area contributed by atoms with Gasteiger partial charge in [-0.05, 0) is 43.4 Å². The molecule has 0 aromatic heterocycles. The third kappa shape index (κ3) is 3.96. The van der Waals surface area contributed by atoms with E-state index in [9.17, 15) is 9.90 Å². The van der Waals surface area contributed by atoms with Gasteiger partial charge in [-0.2, -0.15) is 0 Å². The van der Waals surface area contributed by atoms with Crippen molar-refractivity contribution >= 4 is 5.91 Å². The van der Waals surface area contributed by atoms with Gasteiger partial charge in [0.15, 0.2) is 0 Å². The Balaban J connectivity index is 1.83. The zero-order chi connectivity index (χ0) is 13.8. The number of carbonyl (C=O) groups is 1. The van der Waals surface area contributed by atoms with Crippen LogP contribution in [0.15, 0.2) is 18.2 Å². The van der Waals surface area contributed by atoms with Gasteiger partial charge in [0.2, 0.25) is 0 Å². The number of ether oxygens (including phenoxy) is 1. The molecular weight excluding hydrogens is 242 g/mol. The Hall–Kier alpha value is -1.55. The molecule has 4 heteroatoms. The van der Waals surface area contributed by atoms with Crippen molar-refractivity contribution in [2.75, 3.05) is 26.8 Å². The Morgan fingerprint density at radius 1 is 1.47 bits per heavy atom. The van der Waals surface area contributed by atoms with Gasteiger partial charge in [0.05, 0.1) is 12.2 Å². The molecule has 0 heterocycles. The van der Waals surface area contributed by atoms with Gasteiger partial charge in [0.1, 0.15) is 5.75 Å². The number of phenols is 1. The third-order valence-electron chi connectivity index (χ3n) is 3.35. The Morgan fingerprint density at radius 2 is 2.21 bits per heavy atom. The van der Waals surface area contributed by atoms with Gasteiger partial charge in [0, 0.05) is 20.2 Å². The molecular formula is C15H21NO3. The molecule has 2 rings (SSSR count). The zero-order valence-corrected chi connectivity index (χ0v) is 11.6. The summed E-state index contributed by atoms with van der Waals surface area (Å²) >= 11 is 0. The lowest BCUT2D eigenvalue weighted by molar-refractivity contribution is 0.0678. The predicted octanol–water partition coefficient (Wildman–Crippen LogP) is 2.20. The summed E-state index contributed by atoms with van der Waals surface area (Å²) in [6, 6.07) is 5.09. The molecule has 1 aliphatic carbocycles. The van der Waals surface area contributed by atoms with Crippen LogP contribution >= 0.6 is 0 Å². The van der Waals surface area contributed by atoms with Gasteiger partial charge < -0.3 is 14.7 Å². The largest absolute Gasteiger partial charge is 0.507 e. The van der Waals surface area contributed by atoms with Crippen LogP contribution in [0, 0.1) is 12.8 Å². The molecule has 1 saturated carbocycles. The fourth-order valence-electron chi connectivity index (χ4n) is 1.87. The van der Waals surface area contributed by atoms with Crippen LogP contribution < -0.4 is 0 Å². The lowest BCUT2D eigenvalue weighted by atomic mass is 10.1. The summed E-state index contributed by atoms with van der Waals surface area (Å²) in [6.45, 7) is 3.77. The molecule has 4 nitrogen and oxygen atoms in total. The number of benzene rings is 1. The summed E-state index contributed by atoms with van der Waals surface area (Å²) < 4.78 is 5.51. The molecule has 0 saturated heterocycles. The van der Waals surface area contributed by atoms with Crippen LogP contribution in [0.2, 0.25) is 0 Å². The number of nitrogens with zero attached hydrogens (tertiary/aromatic N) is 1. The number of hydrogen-bond donors (Lipinski definition) is 1. The predicted molar refractivity (Wildman–Crippen MR) is 73.3 cm³/mol. The second-order valence-electron chi connectivity index (χ2n) is 5.27. The van der Waals surface area contributed by atoms with Gasteiger partial charge in [0.25, 0.3) is 5.91 Å². The summed E-state index contributed by atoms with van der Waals surface area (Å²) in [5.41, 5.74) is 1.28. The summed E-state index contributed by atoms with van der Waals surface area (Å²) in [6.07, 6.45) is 2.54. The number of likely N-dealkylation sites (N-methyl/N-ethyl adjacent to an activating group) is 1. The van der Waals surface area contributed by atoms with Crippen molar-refractivity contribution in [3.63, 3.8) is 0 Å². The normalized spacial score (nSPS) is 14.4. The number of hydrogen-bond acceptors (Lipinski definition) is 3. The highest BCUT2D eigenvalue weighted by Gasteiger charge is 2.21. The van der Waals surface area contributed by atoms with Crippen molar-refractivity contribution in [2.45, 2.75) is 19.8 Å². The molecule has 0 bridgehead atoms. The molecule has 1 aromatic carbocycles. The van der Waals surface area contributed by atoms with Gasteiger partial charge >= 0.3 is 0 Å². The number of amides is 1. The summed E-state index contributed by atoms with van der Waals surface area (Å²) in [7, 11) is 1.72. The van der Waals surface area contributed by atoms with E-state index < -0.39 is 0 Å². The number of aromatic hydroxyl groups is 1. The SMILES string of the molecule is Cc1ccc(C(=O)N(C)CCOCC2CC2)c(O)c1. The van der Waals surface area contributed by atoms with Gasteiger partial charge in [-0.25, -0.2) is 0 Å². The van der Waals surface area contributed by atoms with Crippen molar-refractivity contribution in [3.05, 3.63) is 29.3 Å². The first kappa shape index (κ1) is 13.9. The van der Waals surface area contributed by atoms with Crippen molar-refractivity contribution in [2.24, 2.45) is 5.92 Å². The van der Waals surface area contributed by atoms with Gasteiger partial charge in [-0.3, -0.25) is 4.79 Å². The van der Waals surface area contributed by atoms with Gasteiger partial charge in [-0.1, -0.05) is 6.07 Å². The highest BCUT2D eigenvalue weighted by molar-refractivity contribution is 5.96. The molecule has 1 amide bonds. The van der Waals surface area contributed by atoms with Crippen LogP contribution in [0.1, 0.15) is 28.8 Å². The van der Waals surface area contributed by atoms with E-state index in [2.05, 4.69) is 0 Å². The fourth-order valence-corrected chi connectivity index (χ4v) is 1.87. The molecule has 1 N–H and O–H groups in total. The van der Waals surface area contributed by atoms with E-state index in [-0.39, 0.29) is 11.7 Å². The van der Waals surface area contributed by atoms with Crippen molar-refractivity contribution in [3.8, 4) is 5.75 Å². The van der Waals surface area contributed by atoms with E-state index in [0.29, 0.717) is 18.7 Å². The summed E-state index contributed by atoms with van der Waals surface area (Å²) in [4.78, 5) is 13.7. The van der Waals surface area contributed by atoms with Gasteiger partial charge in [-0.15, -0.1) is 0 Å². The molecule has 19 heavy (non-hydrogen) atoms. The first-order valence-electron chi connectivity index (χ1n) is 6.70. The van der Waals surface area contributed by atoms with Crippen LogP contribution in [0.25, 0.3) is 0 Å². The molecule has 0 spiro atoms. The molecule has 1 aromatic rings. The summed E-state index contributed by atoms with van der Waals surface area (Å²) in [5, 5.41) is 9.78. The lowest BCUT2D eigenvalue weighted by Gasteiger charge is -2.18. The third-order valence-corrected chi connectivity index (χ3v) is 3.35. The molecule has 0 radical (unpaired) electrons. The highest BCUT2D eigenvalue weighted by Crippen LogP contribution is 2.28. The molecule has 0 unspecified atom stereocenters. The number of phenolic OH excluding ortho intramolecular Hbond substituents is 1. The maximum Gasteiger partial charge on any atom is 0.257 e. The number of rotatable bonds is 6. The Bertz CT molecular complexity index is 455. The number of aryl methyl sites for hydroxylation is 1. The number of carbonyl (C=O) groups excluding carboxylic acids is 1. The maximum absolute atomic E-state index is 12.1. The Kier molecular flexibility index (Phi) is 4.43. The van der Waals surface area contributed by atoms with E-state index in [4.69, 9.17) is 4.74 Å². The molecule has 104 valence electrons. The molecule has 1 aliphatic rings. The van der Waals surface area contributed by atoms with E-state index in [0.717, 1.165) is 18.1 Å². The lowest BCUT2D eigenvalue weighted by Crippen LogP contribution is -2.30. The van der Waals surface area contributed by atoms with E-state index in [1.807, 2.05) is 13.0 Å². The topological polar surface area (TPSA) is 49.8 Å². The maximum atomic E-state index is 12.1. The van der Waals surface area contributed by atoms with Crippen molar-refractivity contribution in [1.29, 1.82) is 0 Å². The average molecular weight is 263 g/mol. The first-order chi connectivity index (χ1) is 9.08. The van der Waals surface area contributed by atoms with Crippen LogP contribution in [-0.2, 0) is 4.74 Å². The van der Waals surface area contributed by atoms with Crippen LogP contribution in [-0.4, -0.2) is 42.7 Å². The minimum absolute atomic E-state index is 0.0377. The second kappa shape index (κ2) is 6.06. The van der Waals surface area contributed by atoms with E-state index >= 15 is 0 Å². The molecule has 0 aliphatic heterocycles. The van der Waals surface area contributed by atoms with Crippen molar-refractivity contribution < 1.29 is 14.6 Å². The Labute approximate surface area is 114 Å². The molecule has 1 fully saturated rings.